The lowest BCUT2D eigenvalue weighted by molar-refractivity contribution is -0.134. The van der Waals surface area contributed by atoms with Crippen LogP contribution in [-0.4, -0.2) is 178 Å². The molecule has 6 heterocycles. The average molecular weight is 1120 g/mol. The van der Waals surface area contributed by atoms with Crippen molar-refractivity contribution in [1.82, 2.24) is 40.9 Å². The third-order valence-corrected chi connectivity index (χ3v) is 22.6. The van der Waals surface area contributed by atoms with E-state index >= 15 is 0 Å². The lowest BCUT2D eigenvalue weighted by Gasteiger charge is -2.30. The summed E-state index contributed by atoms with van der Waals surface area (Å²) in [6.07, 6.45) is 32.3. The van der Waals surface area contributed by atoms with Gasteiger partial charge in [-0.25, -0.2) is 8.42 Å². The van der Waals surface area contributed by atoms with E-state index in [2.05, 4.69) is 75.4 Å². The van der Waals surface area contributed by atoms with E-state index < -0.39 is 9.84 Å². The zero-order valence-corrected chi connectivity index (χ0v) is 51.8. The molecule has 77 heavy (non-hydrogen) atoms. The van der Waals surface area contributed by atoms with Crippen LogP contribution in [0.4, 0.5) is 0 Å². The van der Waals surface area contributed by atoms with Crippen molar-refractivity contribution in [3.8, 4) is 0 Å². The first-order valence-corrected chi connectivity index (χ1v) is 34.5. The molecular formula is C61H114N8O6S2. The molecule has 0 radical (unpaired) electrons. The van der Waals surface area contributed by atoms with E-state index in [1.54, 1.807) is 11.9 Å². The smallest absolute Gasteiger partial charge is 0.239 e. The molecule has 2 aliphatic carbocycles. The first-order chi connectivity index (χ1) is 37.0. The van der Waals surface area contributed by atoms with Crippen molar-refractivity contribution in [2.45, 2.75) is 236 Å². The van der Waals surface area contributed by atoms with E-state index in [9.17, 15) is 27.6 Å². The van der Waals surface area contributed by atoms with E-state index in [-0.39, 0.29) is 41.1 Å². The largest absolute Gasteiger partial charge is 0.341 e. The van der Waals surface area contributed by atoms with Crippen molar-refractivity contribution in [3.05, 3.63) is 0 Å². The maximum absolute atomic E-state index is 12.5. The number of hydrogen-bond donors (Lipinski definition) is 4. The molecule has 8 fully saturated rings. The maximum atomic E-state index is 12.5. The molecule has 6 saturated heterocycles. The topological polar surface area (TPSA) is 164 Å². The molecular weight excluding hydrogens is 1000 g/mol. The second-order valence-electron chi connectivity index (χ2n) is 25.6. The monoisotopic (exact) mass is 1120 g/mol. The average Bonchev–Trinajstić information content (AvgIpc) is 4.09. The number of amides is 4. The molecule has 10 unspecified atom stereocenters. The van der Waals surface area contributed by atoms with Gasteiger partial charge >= 0.3 is 0 Å². The predicted molar refractivity (Wildman–Crippen MR) is 320 cm³/mol. The number of rotatable bonds is 12. The Morgan fingerprint density at radius 1 is 0.403 bits per heavy atom. The highest BCUT2D eigenvalue weighted by Crippen LogP contribution is 2.30. The molecule has 0 spiro atoms. The number of hydrogen-bond acceptors (Lipinski definition) is 11. The van der Waals surface area contributed by atoms with Crippen LogP contribution in [0.3, 0.4) is 0 Å². The Morgan fingerprint density at radius 2 is 0.727 bits per heavy atom. The van der Waals surface area contributed by atoms with E-state index in [1.807, 2.05) is 21.1 Å². The third kappa shape index (κ3) is 22.4. The van der Waals surface area contributed by atoms with Gasteiger partial charge in [0.2, 0.25) is 23.6 Å². The summed E-state index contributed by atoms with van der Waals surface area (Å²) in [5, 5.41) is 13.0. The molecule has 0 aromatic rings. The van der Waals surface area contributed by atoms with Gasteiger partial charge in [-0.15, -0.1) is 0 Å². The number of carbonyl (C=O) groups is 4. The van der Waals surface area contributed by atoms with E-state index in [0.29, 0.717) is 66.2 Å². The Balaban J connectivity index is 0.000000189. The minimum absolute atomic E-state index is 0.0354. The predicted octanol–water partition coefficient (Wildman–Crippen LogP) is 8.92. The van der Waals surface area contributed by atoms with Gasteiger partial charge in [0.05, 0.1) is 35.2 Å². The molecule has 8 rings (SSSR count). The number of likely N-dealkylation sites (N-methyl/N-ethyl adjacent to an activating group) is 4. The standard InChI is InChI=1S/2C16H30N2O.C15H28N2OS.C14H26N2O3S/c2*1-13-9-10-18(16(19)15(11-13)17-2)12-14-7-5-3-4-6-8-14;1-12-7-8-17(15(18)14(10-12)16-2)11-13-6-4-3-5-9-19-13;1-11-6-7-16(14(17)13(9-11)15-2)10-12-5-3-4-8-20(12,18)19/h2*13-15,17H,3-12H2,1-2H3;12-14,16H,3-11H2,1-2H3;11-13,15H,3-10H2,1-2H3. The van der Waals surface area contributed by atoms with Gasteiger partial charge in [-0.2, -0.15) is 11.8 Å². The minimum Gasteiger partial charge on any atom is -0.341 e. The molecule has 4 N–H and O–H groups in total. The van der Waals surface area contributed by atoms with Crippen molar-refractivity contribution in [1.29, 1.82) is 0 Å². The number of thioether (sulfide) groups is 1. The summed E-state index contributed by atoms with van der Waals surface area (Å²) >= 11 is 2.08. The zero-order chi connectivity index (χ0) is 55.7. The molecule has 4 amide bonds. The molecule has 10 atom stereocenters. The molecule has 0 bridgehead atoms. The molecule has 6 aliphatic heterocycles. The Bertz CT molecular complexity index is 1680. The summed E-state index contributed by atoms with van der Waals surface area (Å²) in [4.78, 5) is 58.3. The maximum Gasteiger partial charge on any atom is 0.239 e. The van der Waals surface area contributed by atoms with Gasteiger partial charge in [0.1, 0.15) is 0 Å². The Hall–Kier alpha value is -1.98. The van der Waals surface area contributed by atoms with Crippen LogP contribution >= 0.6 is 11.8 Å². The highest BCUT2D eigenvalue weighted by molar-refractivity contribution is 7.99. The van der Waals surface area contributed by atoms with Crippen molar-refractivity contribution in [3.63, 3.8) is 0 Å². The van der Waals surface area contributed by atoms with Crippen LogP contribution in [0.15, 0.2) is 0 Å². The SMILES string of the molecule is CNC1CC(C)CCN(CC2CCCCCC2)C1=O.CNC1CC(C)CCN(CC2CCCCCC2)C1=O.CNC1CC(C)CCN(CC2CCCCCS2)C1=O.CNC1CC(C)CCN(CC2CCCCS2(=O)=O)C1=O. The third-order valence-electron chi connectivity index (χ3n) is 18.9. The zero-order valence-electron chi connectivity index (χ0n) is 50.1. The Kier molecular flexibility index (Phi) is 30.0. The highest BCUT2D eigenvalue weighted by atomic mass is 32.2. The van der Waals surface area contributed by atoms with Crippen LogP contribution in [0.1, 0.15) is 201 Å². The summed E-state index contributed by atoms with van der Waals surface area (Å²) in [5.41, 5.74) is 0. The van der Waals surface area contributed by atoms with Gasteiger partial charge in [0.25, 0.3) is 0 Å². The van der Waals surface area contributed by atoms with Crippen LogP contribution in [0.25, 0.3) is 0 Å². The summed E-state index contributed by atoms with van der Waals surface area (Å²) < 4.78 is 24.2. The first-order valence-electron chi connectivity index (χ1n) is 31.7. The minimum atomic E-state index is -3.01. The fourth-order valence-electron chi connectivity index (χ4n) is 13.6. The molecule has 0 aromatic carbocycles. The number of nitrogens with one attached hydrogen (secondary N) is 4. The quantitative estimate of drug-likeness (QED) is 0.138. The number of sulfone groups is 1. The molecule has 2 saturated carbocycles. The Labute approximate surface area is 474 Å². The van der Waals surface area contributed by atoms with Gasteiger partial charge in [0, 0.05) is 57.6 Å². The molecule has 8 aliphatic rings. The van der Waals surface area contributed by atoms with Gasteiger partial charge in [-0.3, -0.25) is 19.2 Å². The molecule has 14 nitrogen and oxygen atoms in total. The molecule has 446 valence electrons. The summed E-state index contributed by atoms with van der Waals surface area (Å²) in [6.45, 7) is 15.9. The first kappa shape index (κ1) is 65.8. The highest BCUT2D eigenvalue weighted by Gasteiger charge is 2.37. The van der Waals surface area contributed by atoms with E-state index in [1.165, 1.54) is 108 Å². The second-order valence-corrected chi connectivity index (χ2v) is 29.4. The van der Waals surface area contributed by atoms with Crippen LogP contribution < -0.4 is 21.3 Å². The van der Waals surface area contributed by atoms with E-state index in [4.69, 9.17) is 0 Å². The number of likely N-dealkylation sites (tertiary alicyclic amines) is 4. The number of nitrogens with zero attached hydrogens (tertiary/aromatic N) is 4. The van der Waals surface area contributed by atoms with Crippen molar-refractivity contribution in [2.24, 2.45) is 35.5 Å². The lowest BCUT2D eigenvalue weighted by Crippen LogP contribution is -2.48. The second kappa shape index (κ2) is 35.1. The van der Waals surface area contributed by atoms with Crippen molar-refractivity contribution >= 4 is 45.2 Å². The van der Waals surface area contributed by atoms with E-state index in [0.717, 1.165) is 115 Å². The molecule has 0 aromatic heterocycles. The van der Waals surface area contributed by atoms with Crippen LogP contribution in [-0.2, 0) is 29.0 Å². The van der Waals surface area contributed by atoms with Gasteiger partial charge < -0.3 is 40.9 Å². The Morgan fingerprint density at radius 3 is 1.09 bits per heavy atom. The normalized spacial score (nSPS) is 32.7. The number of carbonyl (C=O) groups excluding carboxylic acids is 4. The fraction of sp³-hybridized carbons (Fsp3) is 0.934. The van der Waals surface area contributed by atoms with Crippen LogP contribution in [0.5, 0.6) is 0 Å². The van der Waals surface area contributed by atoms with Crippen molar-refractivity contribution in [2.75, 3.05) is 92.1 Å². The van der Waals surface area contributed by atoms with Crippen molar-refractivity contribution < 1.29 is 27.6 Å². The summed E-state index contributed by atoms with van der Waals surface area (Å²) in [5.74, 6) is 6.58. The van der Waals surface area contributed by atoms with Crippen LogP contribution in [0, 0.1) is 35.5 Å². The lowest BCUT2D eigenvalue weighted by atomic mass is 9.99. The van der Waals surface area contributed by atoms with Gasteiger partial charge in [0.15, 0.2) is 9.84 Å². The molecule has 16 heteroatoms. The summed E-state index contributed by atoms with van der Waals surface area (Å²) in [7, 11) is 4.55. The van der Waals surface area contributed by atoms with Crippen LogP contribution in [0.2, 0.25) is 0 Å². The fourth-order valence-corrected chi connectivity index (χ4v) is 16.8. The van der Waals surface area contributed by atoms with Gasteiger partial charge in [-0.05, 0) is 172 Å². The van der Waals surface area contributed by atoms with Gasteiger partial charge in [-0.1, -0.05) is 98.3 Å². The summed E-state index contributed by atoms with van der Waals surface area (Å²) in [6, 6.07) is -0.0429.